The highest BCUT2D eigenvalue weighted by Crippen LogP contribution is 2.15. The van der Waals surface area contributed by atoms with Gasteiger partial charge in [-0.25, -0.2) is 9.18 Å². The lowest BCUT2D eigenvalue weighted by atomic mass is 9.95. The van der Waals surface area contributed by atoms with Crippen molar-refractivity contribution in [2.24, 2.45) is 5.92 Å². The van der Waals surface area contributed by atoms with Gasteiger partial charge < -0.3 is 10.4 Å². The third kappa shape index (κ3) is 4.55. The van der Waals surface area contributed by atoms with Crippen LogP contribution in [0.1, 0.15) is 39.2 Å². The zero-order chi connectivity index (χ0) is 16.0. The van der Waals surface area contributed by atoms with Gasteiger partial charge in [-0.2, -0.15) is 0 Å². The minimum atomic E-state index is -1.26. The number of aliphatic carboxylic acids is 1. The molecular formula is C16H22FNO3. The highest BCUT2D eigenvalue weighted by molar-refractivity contribution is 5.87. The molecule has 5 heteroatoms. The molecule has 0 bridgehead atoms. The van der Waals surface area contributed by atoms with Crippen LogP contribution in [0.15, 0.2) is 24.3 Å². The van der Waals surface area contributed by atoms with E-state index in [0.717, 1.165) is 0 Å². The minimum Gasteiger partial charge on any atom is -0.480 e. The summed E-state index contributed by atoms with van der Waals surface area (Å²) in [5.74, 6) is -2.04. The molecule has 2 unspecified atom stereocenters. The molecule has 116 valence electrons. The van der Waals surface area contributed by atoms with Crippen molar-refractivity contribution in [3.63, 3.8) is 0 Å². The zero-order valence-corrected chi connectivity index (χ0v) is 12.6. The first-order chi connectivity index (χ1) is 9.80. The van der Waals surface area contributed by atoms with Crippen LogP contribution in [0.5, 0.6) is 0 Å². The normalized spacial score (nSPS) is 15.0. The molecule has 2 atom stereocenters. The van der Waals surface area contributed by atoms with E-state index in [9.17, 15) is 14.0 Å². The molecule has 0 heterocycles. The number of nitrogens with one attached hydrogen (secondary N) is 1. The molecule has 2 N–H and O–H groups in total. The Morgan fingerprint density at radius 3 is 2.52 bits per heavy atom. The summed E-state index contributed by atoms with van der Waals surface area (Å²) >= 11 is 0. The van der Waals surface area contributed by atoms with E-state index in [1.54, 1.807) is 32.0 Å². The van der Waals surface area contributed by atoms with Gasteiger partial charge in [0.15, 0.2) is 0 Å². The molecule has 0 radical (unpaired) electrons. The Hall–Kier alpha value is -1.91. The van der Waals surface area contributed by atoms with Crippen LogP contribution in [-0.2, 0) is 16.0 Å². The second kappa shape index (κ2) is 7.20. The molecule has 0 aliphatic heterocycles. The maximum Gasteiger partial charge on any atom is 0.329 e. The highest BCUT2D eigenvalue weighted by atomic mass is 19.1. The Bertz CT molecular complexity index is 518. The van der Waals surface area contributed by atoms with E-state index in [2.05, 4.69) is 5.32 Å². The molecule has 0 aromatic heterocycles. The van der Waals surface area contributed by atoms with E-state index in [1.165, 1.54) is 13.0 Å². The van der Waals surface area contributed by atoms with Crippen molar-refractivity contribution in [1.82, 2.24) is 5.32 Å². The van der Waals surface area contributed by atoms with E-state index in [-0.39, 0.29) is 17.6 Å². The first kappa shape index (κ1) is 17.1. The fraction of sp³-hybridized carbons (Fsp3) is 0.500. The molecule has 1 aromatic carbocycles. The van der Waals surface area contributed by atoms with Crippen molar-refractivity contribution in [3.05, 3.63) is 35.6 Å². The first-order valence-corrected chi connectivity index (χ1v) is 7.09. The quantitative estimate of drug-likeness (QED) is 0.813. The number of carboxylic acid groups (broad SMARTS) is 1. The summed E-state index contributed by atoms with van der Waals surface area (Å²) < 4.78 is 13.5. The highest BCUT2D eigenvalue weighted by Gasteiger charge is 2.33. The van der Waals surface area contributed by atoms with Crippen LogP contribution in [0.25, 0.3) is 0 Å². The number of amides is 1. The molecule has 21 heavy (non-hydrogen) atoms. The van der Waals surface area contributed by atoms with Crippen molar-refractivity contribution in [1.29, 1.82) is 0 Å². The molecule has 0 fully saturated rings. The third-order valence-corrected chi connectivity index (χ3v) is 3.83. The van der Waals surface area contributed by atoms with Gasteiger partial charge in [0.1, 0.15) is 11.4 Å². The Morgan fingerprint density at radius 1 is 1.38 bits per heavy atom. The number of hydrogen-bond acceptors (Lipinski definition) is 2. The maximum absolute atomic E-state index is 13.5. The summed E-state index contributed by atoms with van der Waals surface area (Å²) in [5.41, 5.74) is -0.697. The lowest BCUT2D eigenvalue weighted by Gasteiger charge is -2.26. The molecular weight excluding hydrogens is 273 g/mol. The minimum absolute atomic E-state index is 0.283. The van der Waals surface area contributed by atoms with Gasteiger partial charge in [0.2, 0.25) is 5.91 Å². The molecule has 1 aromatic rings. The van der Waals surface area contributed by atoms with E-state index < -0.39 is 11.5 Å². The fourth-order valence-corrected chi connectivity index (χ4v) is 1.89. The van der Waals surface area contributed by atoms with Gasteiger partial charge in [0, 0.05) is 5.92 Å². The predicted molar refractivity (Wildman–Crippen MR) is 78.4 cm³/mol. The SMILES string of the molecule is CCC(C)(NC(=O)C(C)CCc1ccccc1F)C(=O)O. The number of hydrogen-bond donors (Lipinski definition) is 2. The van der Waals surface area contributed by atoms with Crippen molar-refractivity contribution >= 4 is 11.9 Å². The molecule has 1 amide bonds. The van der Waals surface area contributed by atoms with Crippen LogP contribution in [0.2, 0.25) is 0 Å². The summed E-state index contributed by atoms with van der Waals surface area (Å²) in [6.45, 7) is 4.91. The molecule has 4 nitrogen and oxygen atoms in total. The smallest absolute Gasteiger partial charge is 0.329 e. The predicted octanol–water partition coefficient (Wildman–Crippen LogP) is 2.76. The van der Waals surface area contributed by atoms with Gasteiger partial charge in [-0.05, 0) is 37.8 Å². The van der Waals surface area contributed by atoms with Crippen molar-refractivity contribution in [3.8, 4) is 0 Å². The first-order valence-electron chi connectivity index (χ1n) is 7.09. The number of carbonyl (C=O) groups excluding carboxylic acids is 1. The second-order valence-corrected chi connectivity index (χ2v) is 5.51. The lowest BCUT2D eigenvalue weighted by molar-refractivity contribution is -0.147. The van der Waals surface area contributed by atoms with Crippen molar-refractivity contribution < 1.29 is 19.1 Å². The number of aryl methyl sites for hydroxylation is 1. The van der Waals surface area contributed by atoms with Gasteiger partial charge in [-0.1, -0.05) is 32.0 Å². The number of carbonyl (C=O) groups is 2. The summed E-state index contributed by atoms with van der Waals surface area (Å²) in [6, 6.07) is 6.45. The van der Waals surface area contributed by atoms with E-state index in [1.807, 2.05) is 0 Å². The van der Waals surface area contributed by atoms with Crippen molar-refractivity contribution in [2.45, 2.75) is 45.6 Å². The van der Waals surface area contributed by atoms with E-state index in [4.69, 9.17) is 5.11 Å². The van der Waals surface area contributed by atoms with Crippen LogP contribution in [0, 0.1) is 11.7 Å². The fourth-order valence-electron chi connectivity index (χ4n) is 1.89. The summed E-state index contributed by atoms with van der Waals surface area (Å²) in [5, 5.41) is 11.7. The van der Waals surface area contributed by atoms with E-state index >= 15 is 0 Å². The molecule has 0 saturated heterocycles. The Labute approximate surface area is 124 Å². The third-order valence-electron chi connectivity index (χ3n) is 3.83. The van der Waals surface area contributed by atoms with Gasteiger partial charge in [0.05, 0.1) is 0 Å². The van der Waals surface area contributed by atoms with E-state index in [0.29, 0.717) is 24.8 Å². The van der Waals surface area contributed by atoms with Gasteiger partial charge in [-0.3, -0.25) is 4.79 Å². The van der Waals surface area contributed by atoms with Crippen LogP contribution >= 0.6 is 0 Å². The monoisotopic (exact) mass is 295 g/mol. The molecule has 0 aliphatic carbocycles. The number of benzene rings is 1. The summed E-state index contributed by atoms with van der Waals surface area (Å²) in [6.07, 6.45) is 1.21. The topological polar surface area (TPSA) is 66.4 Å². The number of rotatable bonds is 7. The summed E-state index contributed by atoms with van der Waals surface area (Å²) in [4.78, 5) is 23.2. The van der Waals surface area contributed by atoms with Crippen LogP contribution in [0.4, 0.5) is 4.39 Å². The number of carboxylic acids is 1. The standard InChI is InChI=1S/C16H22FNO3/c1-4-16(3,15(20)21)18-14(19)11(2)9-10-12-7-5-6-8-13(12)17/h5-8,11H,4,9-10H2,1-3H3,(H,18,19)(H,20,21). The van der Waals surface area contributed by atoms with Crippen LogP contribution < -0.4 is 5.32 Å². The Kier molecular flexibility index (Phi) is 5.88. The largest absolute Gasteiger partial charge is 0.480 e. The Balaban J connectivity index is 2.59. The average molecular weight is 295 g/mol. The van der Waals surface area contributed by atoms with Crippen molar-refractivity contribution in [2.75, 3.05) is 0 Å². The lowest BCUT2D eigenvalue weighted by Crippen LogP contribution is -2.53. The van der Waals surface area contributed by atoms with Crippen LogP contribution in [0.3, 0.4) is 0 Å². The summed E-state index contributed by atoms with van der Waals surface area (Å²) in [7, 11) is 0. The zero-order valence-electron chi connectivity index (χ0n) is 12.6. The molecule has 0 aliphatic rings. The average Bonchev–Trinajstić information content (AvgIpc) is 2.45. The van der Waals surface area contributed by atoms with Gasteiger partial charge in [-0.15, -0.1) is 0 Å². The molecule has 1 rings (SSSR count). The second-order valence-electron chi connectivity index (χ2n) is 5.51. The van der Waals surface area contributed by atoms with Crippen LogP contribution in [-0.4, -0.2) is 22.5 Å². The molecule has 0 spiro atoms. The Morgan fingerprint density at radius 2 is 2.00 bits per heavy atom. The maximum atomic E-state index is 13.5. The van der Waals surface area contributed by atoms with Gasteiger partial charge >= 0.3 is 5.97 Å². The van der Waals surface area contributed by atoms with Gasteiger partial charge in [0.25, 0.3) is 0 Å². The molecule has 0 saturated carbocycles. The number of halogens is 1.